The molecule has 1 aliphatic rings. The van der Waals surface area contributed by atoms with Crippen LogP contribution in [-0.4, -0.2) is 18.4 Å². The van der Waals surface area contributed by atoms with Crippen molar-refractivity contribution >= 4 is 11.9 Å². The number of carbonyl (C=O) groups excluding carboxylic acids is 2. The van der Waals surface area contributed by atoms with Crippen LogP contribution in [0.5, 0.6) is 0 Å². The second kappa shape index (κ2) is 8.45. The highest BCUT2D eigenvalue weighted by molar-refractivity contribution is 6.21. The molecule has 0 saturated heterocycles. The second-order valence-corrected chi connectivity index (χ2v) is 6.68. The maximum Gasteiger partial charge on any atom is 0.407 e. The number of hydrogen-bond donors (Lipinski definition) is 1. The Morgan fingerprint density at radius 2 is 1.59 bits per heavy atom. The fraction of sp³-hybridized carbons (Fsp3) is 0.120. The Labute approximate surface area is 169 Å². The molecule has 1 N–H and O–H groups in total. The number of amides is 1. The maximum absolute atomic E-state index is 12.5. The molecule has 0 fully saturated rings. The molecule has 4 heteroatoms. The van der Waals surface area contributed by atoms with E-state index in [4.69, 9.17) is 4.74 Å². The van der Waals surface area contributed by atoms with Crippen molar-refractivity contribution in [2.24, 2.45) is 0 Å². The Morgan fingerprint density at radius 1 is 0.862 bits per heavy atom. The van der Waals surface area contributed by atoms with E-state index in [1.54, 1.807) is 0 Å². The van der Waals surface area contributed by atoms with Gasteiger partial charge in [0.1, 0.15) is 6.61 Å². The van der Waals surface area contributed by atoms with Crippen LogP contribution in [0, 0.1) is 11.8 Å². The van der Waals surface area contributed by atoms with E-state index in [-0.39, 0.29) is 12.4 Å². The number of fused-ring (bicyclic) bond motifs is 3. The molecule has 3 aromatic carbocycles. The molecule has 4 rings (SSSR count). The first-order valence-corrected chi connectivity index (χ1v) is 9.44. The molecule has 1 amide bonds. The highest BCUT2D eigenvalue weighted by Gasteiger charge is 2.25. The molecule has 0 aromatic heterocycles. The smallest absolute Gasteiger partial charge is 0.407 e. The Bertz CT molecular complexity index is 1120. The number of alkyl carbamates (subject to hydrolysis) is 1. The van der Waals surface area contributed by atoms with Gasteiger partial charge in [0.25, 0.3) is 0 Å². The summed E-state index contributed by atoms with van der Waals surface area (Å²) in [4.78, 5) is 24.2. The average Bonchev–Trinajstić information content (AvgIpc) is 3.05. The second-order valence-electron chi connectivity index (χ2n) is 6.68. The van der Waals surface area contributed by atoms with Gasteiger partial charge in [0.05, 0.1) is 0 Å². The van der Waals surface area contributed by atoms with Crippen LogP contribution < -0.4 is 5.32 Å². The molecule has 29 heavy (non-hydrogen) atoms. The number of rotatable bonds is 4. The van der Waals surface area contributed by atoms with Gasteiger partial charge in [-0.15, -0.1) is 0 Å². The van der Waals surface area contributed by atoms with Gasteiger partial charge in [-0.2, -0.15) is 0 Å². The van der Waals surface area contributed by atoms with E-state index in [2.05, 4.69) is 17.2 Å². The minimum Gasteiger partial charge on any atom is -0.445 e. The zero-order chi connectivity index (χ0) is 20.1. The van der Waals surface area contributed by atoms with E-state index in [1.807, 2.05) is 72.8 Å². The van der Waals surface area contributed by atoms with Gasteiger partial charge in [0.2, 0.25) is 0 Å². The number of nitrogens with one attached hydrogen (secondary N) is 1. The number of hydrogen-bond acceptors (Lipinski definition) is 3. The van der Waals surface area contributed by atoms with Crippen LogP contribution in [0.15, 0.2) is 72.8 Å². The highest BCUT2D eigenvalue weighted by atomic mass is 16.5. The van der Waals surface area contributed by atoms with Crippen molar-refractivity contribution < 1.29 is 14.3 Å². The average molecular weight is 381 g/mol. The van der Waals surface area contributed by atoms with Gasteiger partial charge >= 0.3 is 6.09 Å². The third kappa shape index (κ3) is 4.20. The summed E-state index contributed by atoms with van der Waals surface area (Å²) in [7, 11) is 0. The summed E-state index contributed by atoms with van der Waals surface area (Å²) in [5.41, 5.74) is 5.10. The standard InChI is InChI=1S/C25H19NO3/c27-24-22-12-5-4-11-20(22)21-14-13-18(16-23(21)24)8-6-7-15-26-25(28)29-17-19-9-2-1-3-10-19/h1-5,9-14,16H,7,15,17H2,(H,26,28). The van der Waals surface area contributed by atoms with Gasteiger partial charge in [-0.3, -0.25) is 4.79 Å². The van der Waals surface area contributed by atoms with Crippen LogP contribution >= 0.6 is 0 Å². The molecule has 0 aliphatic heterocycles. The largest absolute Gasteiger partial charge is 0.445 e. The summed E-state index contributed by atoms with van der Waals surface area (Å²) in [5, 5.41) is 2.68. The topological polar surface area (TPSA) is 55.4 Å². The minimum absolute atomic E-state index is 0.0436. The van der Waals surface area contributed by atoms with Gasteiger partial charge in [0.15, 0.2) is 5.78 Å². The Hall–Kier alpha value is -3.84. The summed E-state index contributed by atoms with van der Waals surface area (Å²) in [6.07, 6.45) is 0.0302. The van der Waals surface area contributed by atoms with E-state index in [0.29, 0.717) is 18.5 Å². The van der Waals surface area contributed by atoms with Crippen molar-refractivity contribution in [1.82, 2.24) is 5.32 Å². The normalized spacial score (nSPS) is 11.1. The van der Waals surface area contributed by atoms with Crippen molar-refractivity contribution in [3.63, 3.8) is 0 Å². The molecule has 0 unspecified atom stereocenters. The molecule has 0 heterocycles. The molecule has 0 radical (unpaired) electrons. The molecule has 0 bridgehead atoms. The molecule has 1 aliphatic carbocycles. The predicted octanol–water partition coefficient (Wildman–Crippen LogP) is 4.57. The lowest BCUT2D eigenvalue weighted by atomic mass is 10.0. The molecule has 0 atom stereocenters. The summed E-state index contributed by atoms with van der Waals surface area (Å²) < 4.78 is 5.15. The van der Waals surface area contributed by atoms with Crippen LogP contribution in [0.1, 0.15) is 33.5 Å². The maximum atomic E-state index is 12.5. The van der Waals surface area contributed by atoms with Gasteiger partial charge < -0.3 is 10.1 Å². The van der Waals surface area contributed by atoms with Crippen LogP contribution in [0.4, 0.5) is 4.79 Å². The van der Waals surface area contributed by atoms with Crippen LogP contribution in [-0.2, 0) is 11.3 Å². The van der Waals surface area contributed by atoms with Crippen molar-refractivity contribution in [2.75, 3.05) is 6.54 Å². The molecular formula is C25H19NO3. The van der Waals surface area contributed by atoms with Gasteiger partial charge in [0, 0.05) is 29.7 Å². The fourth-order valence-electron chi connectivity index (χ4n) is 3.27. The molecule has 142 valence electrons. The first-order valence-electron chi connectivity index (χ1n) is 9.44. The fourth-order valence-corrected chi connectivity index (χ4v) is 3.27. The number of benzene rings is 3. The molecule has 4 nitrogen and oxygen atoms in total. The van der Waals surface area contributed by atoms with Gasteiger partial charge in [-0.1, -0.05) is 72.5 Å². The van der Waals surface area contributed by atoms with Gasteiger partial charge in [-0.05, 0) is 28.8 Å². The summed E-state index contributed by atoms with van der Waals surface area (Å²) >= 11 is 0. The first-order chi connectivity index (χ1) is 14.2. The van der Waals surface area contributed by atoms with Crippen LogP contribution in [0.3, 0.4) is 0 Å². The SMILES string of the molecule is O=C(NCCC#Cc1ccc2c(c1)C(=O)c1ccccc1-2)OCc1ccccc1. The van der Waals surface area contributed by atoms with Gasteiger partial charge in [-0.25, -0.2) is 4.79 Å². The monoisotopic (exact) mass is 381 g/mol. The predicted molar refractivity (Wildman–Crippen MR) is 111 cm³/mol. The highest BCUT2D eigenvalue weighted by Crippen LogP contribution is 2.36. The lowest BCUT2D eigenvalue weighted by molar-refractivity contribution is 0.104. The molecular weight excluding hydrogens is 362 g/mol. The number of ketones is 1. The Kier molecular flexibility index (Phi) is 5.40. The minimum atomic E-state index is -0.462. The molecule has 3 aromatic rings. The van der Waals surface area contributed by atoms with E-state index in [1.165, 1.54) is 0 Å². The van der Waals surface area contributed by atoms with E-state index >= 15 is 0 Å². The molecule has 0 saturated carbocycles. The Morgan fingerprint density at radius 3 is 2.41 bits per heavy atom. The number of carbonyl (C=O) groups is 2. The van der Waals surface area contributed by atoms with Crippen LogP contribution in [0.25, 0.3) is 11.1 Å². The van der Waals surface area contributed by atoms with E-state index in [9.17, 15) is 9.59 Å². The van der Waals surface area contributed by atoms with Crippen molar-refractivity contribution in [1.29, 1.82) is 0 Å². The van der Waals surface area contributed by atoms with E-state index in [0.717, 1.165) is 27.8 Å². The van der Waals surface area contributed by atoms with Crippen molar-refractivity contribution in [2.45, 2.75) is 13.0 Å². The summed E-state index contributed by atoms with van der Waals surface area (Å²) in [6.45, 7) is 0.639. The number of ether oxygens (including phenoxy) is 1. The van der Waals surface area contributed by atoms with Crippen molar-refractivity contribution in [3.8, 4) is 23.0 Å². The third-order valence-corrected chi connectivity index (χ3v) is 4.69. The zero-order valence-electron chi connectivity index (χ0n) is 15.8. The van der Waals surface area contributed by atoms with Crippen molar-refractivity contribution in [3.05, 3.63) is 95.1 Å². The third-order valence-electron chi connectivity index (χ3n) is 4.69. The molecule has 0 spiro atoms. The quantitative estimate of drug-likeness (QED) is 0.416. The zero-order valence-corrected chi connectivity index (χ0v) is 15.8. The lowest BCUT2D eigenvalue weighted by Crippen LogP contribution is -2.24. The summed E-state index contributed by atoms with van der Waals surface area (Å²) in [6, 6.07) is 22.9. The lowest BCUT2D eigenvalue weighted by Gasteiger charge is -2.05. The summed E-state index contributed by atoms with van der Waals surface area (Å²) in [5.74, 6) is 6.13. The Balaban J connectivity index is 1.28. The first kappa shape index (κ1) is 18.5. The van der Waals surface area contributed by atoms with Crippen LogP contribution in [0.2, 0.25) is 0 Å². The van der Waals surface area contributed by atoms with E-state index < -0.39 is 6.09 Å².